The van der Waals surface area contributed by atoms with Crippen LogP contribution in [0.4, 0.5) is 0 Å². The summed E-state index contributed by atoms with van der Waals surface area (Å²) in [6.45, 7) is 7.22. The van der Waals surface area contributed by atoms with Crippen molar-refractivity contribution in [1.82, 2.24) is 4.90 Å². The maximum Gasteiger partial charge on any atom is 0.310 e. The van der Waals surface area contributed by atoms with Crippen molar-refractivity contribution in [3.63, 3.8) is 0 Å². The first kappa shape index (κ1) is 15.0. The molecule has 0 N–H and O–H groups in total. The number of Topliss-reactive ketones (excluding diaryl/α,β-unsaturated/α-hetero) is 1. The van der Waals surface area contributed by atoms with Crippen LogP contribution in [0.15, 0.2) is 0 Å². The van der Waals surface area contributed by atoms with E-state index < -0.39 is 6.10 Å². The van der Waals surface area contributed by atoms with Gasteiger partial charge in [0.15, 0.2) is 11.9 Å². The number of hydrogen-bond acceptors (Lipinski definition) is 4. The van der Waals surface area contributed by atoms with Crippen LogP contribution in [0.5, 0.6) is 0 Å². The Hall–Kier alpha value is -0.900. The molecular formula is C17H27NO3. The topological polar surface area (TPSA) is 46.6 Å². The molecule has 3 aliphatic rings. The van der Waals surface area contributed by atoms with Gasteiger partial charge in [-0.2, -0.15) is 0 Å². The number of ether oxygens (including phenoxy) is 1. The molecule has 118 valence electrons. The van der Waals surface area contributed by atoms with Crippen molar-refractivity contribution in [3.8, 4) is 0 Å². The van der Waals surface area contributed by atoms with Crippen LogP contribution in [-0.2, 0) is 14.3 Å². The lowest BCUT2D eigenvalue weighted by molar-refractivity contribution is -0.152. The van der Waals surface area contributed by atoms with E-state index in [9.17, 15) is 9.59 Å². The average molecular weight is 293 g/mol. The first-order valence-corrected chi connectivity index (χ1v) is 8.18. The summed E-state index contributed by atoms with van der Waals surface area (Å²) in [7, 11) is 4.11. The van der Waals surface area contributed by atoms with Crippen molar-refractivity contribution in [2.75, 3.05) is 20.6 Å². The first-order chi connectivity index (χ1) is 9.78. The summed E-state index contributed by atoms with van der Waals surface area (Å²) >= 11 is 0. The average Bonchev–Trinajstić information content (AvgIpc) is 2.85. The predicted octanol–water partition coefficient (Wildman–Crippen LogP) is 1.98. The van der Waals surface area contributed by atoms with Crippen LogP contribution in [-0.4, -0.2) is 43.4 Å². The third kappa shape index (κ3) is 1.91. The molecule has 1 heterocycles. The zero-order valence-corrected chi connectivity index (χ0v) is 13.8. The lowest BCUT2D eigenvalue weighted by Gasteiger charge is -2.45. The van der Waals surface area contributed by atoms with E-state index in [0.29, 0.717) is 11.8 Å². The van der Waals surface area contributed by atoms with Gasteiger partial charge in [0, 0.05) is 17.9 Å². The van der Waals surface area contributed by atoms with Crippen LogP contribution < -0.4 is 0 Å². The number of rotatable bonds is 3. The molecule has 2 aliphatic carbocycles. The second-order valence-electron chi connectivity index (χ2n) is 7.99. The Kier molecular flexibility index (Phi) is 3.43. The van der Waals surface area contributed by atoms with Gasteiger partial charge in [-0.05, 0) is 44.7 Å². The maximum absolute atomic E-state index is 13.1. The van der Waals surface area contributed by atoms with Crippen LogP contribution in [0.3, 0.4) is 0 Å². The molecule has 4 heteroatoms. The molecule has 2 bridgehead atoms. The fraction of sp³-hybridized carbons (Fsp3) is 0.882. The monoisotopic (exact) mass is 293 g/mol. The first-order valence-electron chi connectivity index (χ1n) is 8.18. The molecule has 21 heavy (non-hydrogen) atoms. The summed E-state index contributed by atoms with van der Waals surface area (Å²) in [5.74, 6) is 0.925. The molecule has 0 radical (unpaired) electrons. The highest BCUT2D eigenvalue weighted by atomic mass is 16.6. The van der Waals surface area contributed by atoms with Crippen LogP contribution in [0.1, 0.15) is 33.6 Å². The van der Waals surface area contributed by atoms with Crippen LogP contribution in [0.25, 0.3) is 0 Å². The van der Waals surface area contributed by atoms with Gasteiger partial charge in [0.25, 0.3) is 0 Å². The normalized spacial score (nSPS) is 45.4. The van der Waals surface area contributed by atoms with Crippen molar-refractivity contribution in [3.05, 3.63) is 0 Å². The minimum atomic E-state index is -0.494. The third-order valence-electron chi connectivity index (χ3n) is 6.30. The highest BCUT2D eigenvalue weighted by Crippen LogP contribution is 2.61. The fourth-order valence-corrected chi connectivity index (χ4v) is 5.30. The molecule has 6 atom stereocenters. The lowest BCUT2D eigenvalue weighted by Crippen LogP contribution is -2.55. The van der Waals surface area contributed by atoms with Gasteiger partial charge in [0.1, 0.15) is 0 Å². The molecule has 0 aromatic carbocycles. The smallest absolute Gasteiger partial charge is 0.310 e. The van der Waals surface area contributed by atoms with E-state index >= 15 is 0 Å². The van der Waals surface area contributed by atoms with Crippen LogP contribution >= 0.6 is 0 Å². The van der Waals surface area contributed by atoms with E-state index in [2.05, 4.69) is 39.8 Å². The van der Waals surface area contributed by atoms with E-state index in [1.165, 1.54) is 0 Å². The van der Waals surface area contributed by atoms with Gasteiger partial charge >= 0.3 is 5.97 Å². The number of ketones is 1. The minimum Gasteiger partial charge on any atom is -0.454 e. The second kappa shape index (κ2) is 4.80. The quantitative estimate of drug-likeness (QED) is 0.747. The molecule has 1 aliphatic heterocycles. The standard InChI is InChI=1S/C17H27NO3/c1-9(2)12-13-11-7-6-10(8-18(4)5)17(11,3)15(19)14(12)21-16(13)20/h9-14H,6-8H2,1-5H3/t10-,11+,12+,13+,14+,17+/m1/s1. The molecule has 2 saturated carbocycles. The zero-order chi connectivity index (χ0) is 15.5. The molecule has 0 spiro atoms. The highest BCUT2D eigenvalue weighted by Gasteiger charge is 2.68. The minimum absolute atomic E-state index is 0.0649. The van der Waals surface area contributed by atoms with Gasteiger partial charge in [0.2, 0.25) is 0 Å². The Morgan fingerprint density at radius 2 is 1.95 bits per heavy atom. The van der Waals surface area contributed by atoms with Crippen molar-refractivity contribution in [2.45, 2.75) is 39.7 Å². The van der Waals surface area contributed by atoms with Crippen LogP contribution in [0.2, 0.25) is 0 Å². The van der Waals surface area contributed by atoms with Crippen molar-refractivity contribution >= 4 is 11.8 Å². The highest BCUT2D eigenvalue weighted by molar-refractivity contribution is 5.97. The molecule has 3 rings (SSSR count). The van der Waals surface area contributed by atoms with E-state index in [1.54, 1.807) is 0 Å². The van der Waals surface area contributed by atoms with Crippen molar-refractivity contribution in [1.29, 1.82) is 0 Å². The van der Waals surface area contributed by atoms with Gasteiger partial charge in [-0.25, -0.2) is 0 Å². The molecule has 0 unspecified atom stereocenters. The lowest BCUT2D eigenvalue weighted by atomic mass is 9.55. The van der Waals surface area contributed by atoms with Crippen molar-refractivity contribution in [2.24, 2.45) is 35.0 Å². The molecule has 1 saturated heterocycles. The SMILES string of the molecule is CC(C)[C@H]1[C@H]2C(=O)O[C@@H]1C(=O)[C@@]1(C)[C@@H](CN(C)C)CC[C@@H]21. The number of carbonyl (C=O) groups excluding carboxylic acids is 2. The van der Waals surface area contributed by atoms with Gasteiger partial charge < -0.3 is 9.64 Å². The Morgan fingerprint density at radius 3 is 2.52 bits per heavy atom. The maximum atomic E-state index is 13.1. The summed E-state index contributed by atoms with van der Waals surface area (Å²) in [6, 6.07) is 0. The van der Waals surface area contributed by atoms with E-state index in [4.69, 9.17) is 4.74 Å². The Morgan fingerprint density at radius 1 is 1.29 bits per heavy atom. The molecule has 4 nitrogen and oxygen atoms in total. The number of nitrogens with zero attached hydrogens (tertiary/aromatic N) is 1. The van der Waals surface area contributed by atoms with E-state index in [-0.39, 0.29) is 34.9 Å². The summed E-state index contributed by atoms with van der Waals surface area (Å²) in [5.41, 5.74) is -0.378. The predicted molar refractivity (Wildman–Crippen MR) is 79.6 cm³/mol. The molecule has 3 fully saturated rings. The molecule has 0 aromatic heterocycles. The Bertz CT molecular complexity index is 473. The van der Waals surface area contributed by atoms with Gasteiger partial charge in [-0.15, -0.1) is 0 Å². The van der Waals surface area contributed by atoms with Crippen LogP contribution in [0, 0.1) is 35.0 Å². The number of esters is 1. The summed E-state index contributed by atoms with van der Waals surface area (Å²) in [6.07, 6.45) is 1.54. The Balaban J connectivity index is 1.99. The van der Waals surface area contributed by atoms with Gasteiger partial charge in [-0.3, -0.25) is 9.59 Å². The summed E-state index contributed by atoms with van der Waals surface area (Å²) in [4.78, 5) is 27.6. The van der Waals surface area contributed by atoms with Crippen molar-refractivity contribution < 1.29 is 14.3 Å². The molecular weight excluding hydrogens is 266 g/mol. The van der Waals surface area contributed by atoms with Gasteiger partial charge in [0.05, 0.1) is 5.92 Å². The molecule has 0 amide bonds. The number of fused-ring (bicyclic) bond motifs is 4. The number of hydrogen-bond donors (Lipinski definition) is 0. The zero-order valence-electron chi connectivity index (χ0n) is 13.8. The van der Waals surface area contributed by atoms with Gasteiger partial charge in [-0.1, -0.05) is 20.8 Å². The van der Waals surface area contributed by atoms with E-state index in [0.717, 1.165) is 19.4 Å². The number of carbonyl (C=O) groups is 2. The summed E-state index contributed by atoms with van der Waals surface area (Å²) in [5, 5.41) is 0. The fourth-order valence-electron chi connectivity index (χ4n) is 5.30. The molecule has 0 aromatic rings. The Labute approximate surface area is 127 Å². The third-order valence-corrected chi connectivity index (χ3v) is 6.30. The van der Waals surface area contributed by atoms with E-state index in [1.807, 2.05) is 0 Å². The summed E-state index contributed by atoms with van der Waals surface area (Å²) < 4.78 is 5.52. The second-order valence-corrected chi connectivity index (χ2v) is 7.99. The largest absolute Gasteiger partial charge is 0.454 e.